The van der Waals surface area contributed by atoms with Crippen molar-refractivity contribution in [1.82, 2.24) is 15.2 Å². The Morgan fingerprint density at radius 2 is 1.84 bits per heavy atom. The van der Waals surface area contributed by atoms with Gasteiger partial charge in [-0.05, 0) is 38.1 Å². The molecule has 6 heteroatoms. The van der Waals surface area contributed by atoms with E-state index in [1.54, 1.807) is 6.20 Å². The van der Waals surface area contributed by atoms with Gasteiger partial charge in [0.15, 0.2) is 5.82 Å². The fraction of sp³-hybridized carbons (Fsp3) is 0.308. The number of aromatic nitrogens is 3. The van der Waals surface area contributed by atoms with Crippen LogP contribution in [0.1, 0.15) is 13.8 Å². The minimum atomic E-state index is 0.629. The Kier molecular flexibility index (Phi) is 4.52. The van der Waals surface area contributed by atoms with Gasteiger partial charge in [-0.2, -0.15) is 10.1 Å². The summed E-state index contributed by atoms with van der Waals surface area (Å²) in [4.78, 5) is 6.48. The van der Waals surface area contributed by atoms with Crippen LogP contribution in [0.3, 0.4) is 0 Å². The third-order valence-electron chi connectivity index (χ3n) is 2.71. The highest BCUT2D eigenvalue weighted by atomic mass is 35.5. The van der Waals surface area contributed by atoms with E-state index in [9.17, 15) is 0 Å². The monoisotopic (exact) mass is 277 g/mol. The molecule has 1 aromatic carbocycles. The molecule has 0 amide bonds. The Balaban J connectivity index is 2.17. The second-order valence-electron chi connectivity index (χ2n) is 3.95. The van der Waals surface area contributed by atoms with Crippen molar-refractivity contribution < 1.29 is 0 Å². The maximum Gasteiger partial charge on any atom is 0.247 e. The summed E-state index contributed by atoms with van der Waals surface area (Å²) in [5, 5.41) is 11.9. The molecule has 0 saturated carbocycles. The Hall–Kier alpha value is -1.88. The highest BCUT2D eigenvalue weighted by Crippen LogP contribution is 2.18. The number of hydrogen-bond acceptors (Lipinski definition) is 5. The van der Waals surface area contributed by atoms with Crippen LogP contribution in [0.4, 0.5) is 17.5 Å². The van der Waals surface area contributed by atoms with E-state index in [2.05, 4.69) is 34.3 Å². The number of hydrogen-bond donors (Lipinski definition) is 1. The molecule has 0 aliphatic rings. The first kappa shape index (κ1) is 13.5. The largest absolute Gasteiger partial charge is 0.340 e. The Bertz CT molecular complexity index is 525. The van der Waals surface area contributed by atoms with Gasteiger partial charge in [-0.3, -0.25) is 0 Å². The molecule has 5 nitrogen and oxygen atoms in total. The van der Waals surface area contributed by atoms with Gasteiger partial charge in [0.25, 0.3) is 0 Å². The number of anilines is 3. The summed E-state index contributed by atoms with van der Waals surface area (Å²) < 4.78 is 0. The lowest BCUT2D eigenvalue weighted by Gasteiger charge is -2.18. The van der Waals surface area contributed by atoms with Crippen LogP contribution in [0.5, 0.6) is 0 Å². The van der Waals surface area contributed by atoms with Crippen molar-refractivity contribution in [2.24, 2.45) is 0 Å². The van der Waals surface area contributed by atoms with Crippen molar-refractivity contribution in [3.8, 4) is 0 Å². The molecule has 0 spiro atoms. The maximum absolute atomic E-state index is 5.85. The summed E-state index contributed by atoms with van der Waals surface area (Å²) in [7, 11) is 0. The van der Waals surface area contributed by atoms with Crippen LogP contribution >= 0.6 is 11.6 Å². The van der Waals surface area contributed by atoms with Gasteiger partial charge in [0, 0.05) is 23.8 Å². The number of nitrogens with one attached hydrogen (secondary N) is 1. The van der Waals surface area contributed by atoms with Crippen molar-refractivity contribution in [2.75, 3.05) is 23.3 Å². The van der Waals surface area contributed by atoms with Crippen molar-refractivity contribution in [3.63, 3.8) is 0 Å². The van der Waals surface area contributed by atoms with Crippen LogP contribution < -0.4 is 10.2 Å². The van der Waals surface area contributed by atoms with Gasteiger partial charge in [-0.25, -0.2) is 0 Å². The van der Waals surface area contributed by atoms with Crippen LogP contribution in [0.25, 0.3) is 0 Å². The highest BCUT2D eigenvalue weighted by Gasteiger charge is 2.07. The summed E-state index contributed by atoms with van der Waals surface area (Å²) in [6, 6.07) is 7.43. The molecule has 100 valence electrons. The van der Waals surface area contributed by atoms with Gasteiger partial charge in [0.2, 0.25) is 5.95 Å². The van der Waals surface area contributed by atoms with Crippen molar-refractivity contribution >= 4 is 29.1 Å². The lowest BCUT2D eigenvalue weighted by molar-refractivity contribution is 0.796. The summed E-state index contributed by atoms with van der Waals surface area (Å²) >= 11 is 5.85. The van der Waals surface area contributed by atoms with Crippen LogP contribution in [-0.4, -0.2) is 28.3 Å². The first-order valence-electron chi connectivity index (χ1n) is 6.20. The summed E-state index contributed by atoms with van der Waals surface area (Å²) in [6.45, 7) is 5.82. The normalized spacial score (nSPS) is 10.3. The molecule has 1 heterocycles. The highest BCUT2D eigenvalue weighted by molar-refractivity contribution is 6.30. The molecule has 0 bridgehead atoms. The Morgan fingerprint density at radius 3 is 2.47 bits per heavy atom. The van der Waals surface area contributed by atoms with E-state index in [1.165, 1.54) is 0 Å². The number of halogens is 1. The van der Waals surface area contributed by atoms with Crippen LogP contribution in [0.15, 0.2) is 30.5 Å². The van der Waals surface area contributed by atoms with Crippen LogP contribution in [0.2, 0.25) is 5.02 Å². The lowest BCUT2D eigenvalue weighted by atomic mass is 10.3. The average Bonchev–Trinajstić information content (AvgIpc) is 2.43. The summed E-state index contributed by atoms with van der Waals surface area (Å²) in [6.07, 6.45) is 1.60. The number of rotatable bonds is 5. The molecule has 0 radical (unpaired) electrons. The molecule has 0 fully saturated rings. The number of benzene rings is 1. The minimum absolute atomic E-state index is 0.629. The third kappa shape index (κ3) is 3.54. The lowest BCUT2D eigenvalue weighted by Crippen LogP contribution is -2.24. The smallest absolute Gasteiger partial charge is 0.247 e. The third-order valence-corrected chi connectivity index (χ3v) is 2.96. The SMILES string of the molecule is CCN(CC)c1nncc(Nc2ccc(Cl)cc2)n1. The van der Waals surface area contributed by atoms with E-state index in [-0.39, 0.29) is 0 Å². The van der Waals surface area contributed by atoms with Crippen LogP contribution in [0, 0.1) is 0 Å². The minimum Gasteiger partial charge on any atom is -0.340 e. The Morgan fingerprint density at radius 1 is 1.16 bits per heavy atom. The van der Waals surface area contributed by atoms with Crippen molar-refractivity contribution in [3.05, 3.63) is 35.5 Å². The fourth-order valence-electron chi connectivity index (χ4n) is 1.68. The summed E-state index contributed by atoms with van der Waals surface area (Å²) in [5.41, 5.74) is 0.912. The molecule has 1 N–H and O–H groups in total. The molecule has 0 aliphatic carbocycles. The summed E-state index contributed by atoms with van der Waals surface area (Å²) in [5.74, 6) is 1.29. The zero-order valence-corrected chi connectivity index (χ0v) is 11.7. The van der Waals surface area contributed by atoms with Gasteiger partial charge in [-0.15, -0.1) is 5.10 Å². The molecule has 19 heavy (non-hydrogen) atoms. The predicted molar refractivity (Wildman–Crippen MR) is 78.1 cm³/mol. The van der Waals surface area contributed by atoms with E-state index in [1.807, 2.05) is 29.2 Å². The van der Waals surface area contributed by atoms with E-state index in [0.29, 0.717) is 16.8 Å². The van der Waals surface area contributed by atoms with E-state index in [0.717, 1.165) is 18.8 Å². The first-order valence-corrected chi connectivity index (χ1v) is 6.58. The molecule has 0 unspecified atom stereocenters. The van der Waals surface area contributed by atoms with E-state index < -0.39 is 0 Å². The zero-order chi connectivity index (χ0) is 13.7. The van der Waals surface area contributed by atoms with Gasteiger partial charge < -0.3 is 10.2 Å². The first-order chi connectivity index (χ1) is 9.22. The topological polar surface area (TPSA) is 53.9 Å². The predicted octanol–water partition coefficient (Wildman–Crippen LogP) is 3.11. The van der Waals surface area contributed by atoms with Gasteiger partial charge in [-0.1, -0.05) is 11.6 Å². The zero-order valence-electron chi connectivity index (χ0n) is 11.0. The molecule has 1 aromatic heterocycles. The standard InChI is InChI=1S/C13H16ClN5/c1-3-19(4-2)13-17-12(9-15-18-13)16-11-7-5-10(14)6-8-11/h5-9H,3-4H2,1-2H3,(H,16,17,18). The molecular weight excluding hydrogens is 262 g/mol. The quantitative estimate of drug-likeness (QED) is 0.910. The van der Waals surface area contributed by atoms with E-state index >= 15 is 0 Å². The average molecular weight is 278 g/mol. The molecule has 0 atom stereocenters. The molecule has 0 saturated heterocycles. The second kappa shape index (κ2) is 6.33. The van der Waals surface area contributed by atoms with Gasteiger partial charge in [0.05, 0.1) is 6.20 Å². The Labute approximate surface area is 117 Å². The molecule has 2 aromatic rings. The van der Waals surface area contributed by atoms with Crippen molar-refractivity contribution in [2.45, 2.75) is 13.8 Å². The molecule has 2 rings (SSSR count). The van der Waals surface area contributed by atoms with Gasteiger partial charge in [0.1, 0.15) is 0 Å². The fourth-order valence-corrected chi connectivity index (χ4v) is 1.80. The van der Waals surface area contributed by atoms with Crippen molar-refractivity contribution in [1.29, 1.82) is 0 Å². The molecular formula is C13H16ClN5. The molecule has 0 aliphatic heterocycles. The van der Waals surface area contributed by atoms with Crippen LogP contribution in [-0.2, 0) is 0 Å². The van der Waals surface area contributed by atoms with E-state index in [4.69, 9.17) is 11.6 Å². The number of nitrogens with zero attached hydrogens (tertiary/aromatic N) is 4. The maximum atomic E-state index is 5.85. The second-order valence-corrected chi connectivity index (χ2v) is 4.38. The van der Waals surface area contributed by atoms with Gasteiger partial charge >= 0.3 is 0 Å².